The number of oxazole rings is 1. The van der Waals surface area contributed by atoms with Crippen molar-refractivity contribution in [3.05, 3.63) is 53.4 Å². The molecular weight excluding hydrogens is 310 g/mol. The van der Waals surface area contributed by atoms with Crippen molar-refractivity contribution in [2.24, 2.45) is 0 Å². The van der Waals surface area contributed by atoms with E-state index in [1.165, 1.54) is 6.07 Å². The number of ether oxygens (including phenoxy) is 2. The van der Waals surface area contributed by atoms with Gasteiger partial charge in [-0.15, -0.1) is 0 Å². The average molecular weight is 325 g/mol. The van der Waals surface area contributed by atoms with Crippen LogP contribution < -0.4 is 9.47 Å². The second-order valence-electron chi connectivity index (χ2n) is 4.96. The van der Waals surface area contributed by atoms with Gasteiger partial charge in [-0.05, 0) is 35.9 Å². The van der Waals surface area contributed by atoms with Crippen LogP contribution >= 0.6 is 0 Å². The first-order valence-corrected chi connectivity index (χ1v) is 7.15. The molecule has 0 unspecified atom stereocenters. The van der Waals surface area contributed by atoms with E-state index in [9.17, 15) is 9.90 Å². The lowest BCUT2D eigenvalue weighted by Crippen LogP contribution is -1.96. The fraction of sp³-hybridized carbons (Fsp3) is 0.111. The highest BCUT2D eigenvalue weighted by molar-refractivity contribution is 6.00. The largest absolute Gasteiger partial charge is 0.493 e. The van der Waals surface area contributed by atoms with Gasteiger partial charge in [0.05, 0.1) is 19.8 Å². The number of hydrogen-bond acceptors (Lipinski definition) is 5. The maximum absolute atomic E-state index is 11.2. The molecule has 1 aromatic heterocycles. The van der Waals surface area contributed by atoms with E-state index in [0.717, 1.165) is 5.56 Å². The molecule has 3 rings (SSSR count). The Labute approximate surface area is 138 Å². The Kier molecular flexibility index (Phi) is 4.20. The number of carboxylic acids is 1. The number of methoxy groups -OCH3 is 2. The summed E-state index contributed by atoms with van der Waals surface area (Å²) in [6, 6.07) is 10.3. The summed E-state index contributed by atoms with van der Waals surface area (Å²) >= 11 is 0. The van der Waals surface area contributed by atoms with Gasteiger partial charge in [-0.1, -0.05) is 12.1 Å². The molecule has 6 nitrogen and oxygen atoms in total. The lowest BCUT2D eigenvalue weighted by Gasteiger charge is -2.07. The summed E-state index contributed by atoms with van der Waals surface area (Å²) in [6.45, 7) is 0. The Bertz CT molecular complexity index is 926. The highest BCUT2D eigenvalue weighted by atomic mass is 16.5. The molecule has 0 aliphatic carbocycles. The van der Waals surface area contributed by atoms with Gasteiger partial charge in [0.2, 0.25) is 5.89 Å². The topological polar surface area (TPSA) is 81.8 Å². The average Bonchev–Trinajstić information content (AvgIpc) is 3.02. The Hall–Kier alpha value is -3.28. The first-order chi connectivity index (χ1) is 11.6. The number of hydrogen-bond donors (Lipinski definition) is 1. The van der Waals surface area contributed by atoms with Crippen LogP contribution in [0.5, 0.6) is 11.5 Å². The third-order valence-electron chi connectivity index (χ3n) is 3.49. The van der Waals surface area contributed by atoms with Crippen molar-refractivity contribution in [2.75, 3.05) is 14.2 Å². The molecule has 0 fully saturated rings. The van der Waals surface area contributed by atoms with Gasteiger partial charge in [0.15, 0.2) is 17.1 Å². The molecule has 0 saturated heterocycles. The zero-order valence-corrected chi connectivity index (χ0v) is 13.1. The summed E-state index contributed by atoms with van der Waals surface area (Å²) < 4.78 is 16.0. The van der Waals surface area contributed by atoms with Crippen LogP contribution in [0.25, 0.3) is 23.3 Å². The minimum Gasteiger partial charge on any atom is -0.493 e. The number of aromatic nitrogens is 1. The molecule has 0 bridgehead atoms. The molecule has 0 spiro atoms. The highest BCUT2D eigenvalue weighted by Gasteiger charge is 2.13. The van der Waals surface area contributed by atoms with Crippen LogP contribution in [0.4, 0.5) is 0 Å². The molecule has 0 amide bonds. The minimum atomic E-state index is -1.04. The number of nitrogens with zero attached hydrogens (tertiary/aromatic N) is 1. The summed E-state index contributed by atoms with van der Waals surface area (Å²) in [6.07, 6.45) is 3.47. The first-order valence-electron chi connectivity index (χ1n) is 7.15. The predicted octanol–water partition coefficient (Wildman–Crippen LogP) is 3.71. The van der Waals surface area contributed by atoms with E-state index in [2.05, 4.69) is 4.98 Å². The minimum absolute atomic E-state index is 0.113. The molecule has 24 heavy (non-hydrogen) atoms. The van der Waals surface area contributed by atoms with E-state index in [0.29, 0.717) is 28.5 Å². The second kappa shape index (κ2) is 6.45. The van der Waals surface area contributed by atoms with Gasteiger partial charge in [0, 0.05) is 6.08 Å². The van der Waals surface area contributed by atoms with Gasteiger partial charge in [-0.2, -0.15) is 0 Å². The zero-order chi connectivity index (χ0) is 17.1. The molecule has 0 aliphatic heterocycles. The van der Waals surface area contributed by atoms with Crippen molar-refractivity contribution in [2.45, 2.75) is 0 Å². The molecule has 1 heterocycles. The predicted molar refractivity (Wildman–Crippen MR) is 89.4 cm³/mol. The van der Waals surface area contributed by atoms with E-state index >= 15 is 0 Å². The number of rotatable bonds is 5. The molecule has 1 N–H and O–H groups in total. The highest BCUT2D eigenvalue weighted by Crippen LogP contribution is 2.28. The van der Waals surface area contributed by atoms with Crippen molar-refractivity contribution >= 4 is 29.2 Å². The standard InChI is InChI=1S/C18H15NO5/c1-22-13-8-6-11(10-15(13)23-2)7-9-16-19-17-12(18(20)21)4-3-5-14(17)24-16/h3-10H,1-2H3,(H,20,21)/b9-7+. The summed E-state index contributed by atoms with van der Waals surface area (Å²) in [5.74, 6) is 0.547. The monoisotopic (exact) mass is 325 g/mol. The summed E-state index contributed by atoms with van der Waals surface area (Å²) in [5, 5.41) is 9.18. The Morgan fingerprint density at radius 3 is 2.62 bits per heavy atom. The number of carbonyl (C=O) groups is 1. The van der Waals surface area contributed by atoms with Crippen LogP contribution in [0.3, 0.4) is 0 Å². The van der Waals surface area contributed by atoms with Gasteiger partial charge in [-0.25, -0.2) is 9.78 Å². The molecule has 0 saturated carbocycles. The summed E-state index contributed by atoms with van der Waals surface area (Å²) in [5.41, 5.74) is 1.74. The molecule has 0 atom stereocenters. The van der Waals surface area contributed by atoms with E-state index in [1.807, 2.05) is 12.1 Å². The molecule has 2 aromatic carbocycles. The van der Waals surface area contributed by atoms with E-state index < -0.39 is 5.97 Å². The molecule has 3 aromatic rings. The van der Waals surface area contributed by atoms with Crippen LogP contribution in [0.15, 0.2) is 40.8 Å². The fourth-order valence-corrected chi connectivity index (χ4v) is 2.33. The van der Waals surface area contributed by atoms with E-state index in [-0.39, 0.29) is 5.56 Å². The third kappa shape index (κ3) is 2.94. The summed E-state index contributed by atoms with van der Waals surface area (Å²) in [4.78, 5) is 15.4. The molecule has 122 valence electrons. The second-order valence-corrected chi connectivity index (χ2v) is 4.96. The lowest BCUT2D eigenvalue weighted by molar-refractivity contribution is 0.0699. The van der Waals surface area contributed by atoms with Crippen LogP contribution in [0, 0.1) is 0 Å². The maximum Gasteiger partial charge on any atom is 0.338 e. The summed E-state index contributed by atoms with van der Waals surface area (Å²) in [7, 11) is 3.14. The molecule has 0 radical (unpaired) electrons. The van der Waals surface area contributed by atoms with Crippen molar-refractivity contribution in [3.63, 3.8) is 0 Å². The normalized spacial score (nSPS) is 11.1. The first kappa shape index (κ1) is 15.6. The van der Waals surface area contributed by atoms with Gasteiger partial charge in [0.1, 0.15) is 5.52 Å². The van der Waals surface area contributed by atoms with Crippen molar-refractivity contribution in [1.82, 2.24) is 4.98 Å². The SMILES string of the molecule is COc1ccc(/C=C/c2nc3c(C(=O)O)cccc3o2)cc1OC. The maximum atomic E-state index is 11.2. The van der Waals surface area contributed by atoms with Gasteiger partial charge in [0.25, 0.3) is 0 Å². The van der Waals surface area contributed by atoms with Crippen molar-refractivity contribution in [1.29, 1.82) is 0 Å². The van der Waals surface area contributed by atoms with Crippen LogP contribution in [0.1, 0.15) is 21.8 Å². The quantitative estimate of drug-likeness (QED) is 0.770. The van der Waals surface area contributed by atoms with E-state index in [4.69, 9.17) is 13.9 Å². The number of carboxylic acid groups (broad SMARTS) is 1. The molecular formula is C18H15NO5. The van der Waals surface area contributed by atoms with Crippen molar-refractivity contribution in [3.8, 4) is 11.5 Å². The lowest BCUT2D eigenvalue weighted by atomic mass is 10.2. The van der Waals surface area contributed by atoms with Gasteiger partial charge >= 0.3 is 5.97 Å². The number of aromatic carboxylic acids is 1. The number of fused-ring (bicyclic) bond motifs is 1. The number of benzene rings is 2. The van der Waals surface area contributed by atoms with Crippen LogP contribution in [0.2, 0.25) is 0 Å². The number of para-hydroxylation sites is 1. The third-order valence-corrected chi connectivity index (χ3v) is 3.49. The Morgan fingerprint density at radius 2 is 1.92 bits per heavy atom. The Morgan fingerprint density at radius 1 is 1.12 bits per heavy atom. The van der Waals surface area contributed by atoms with Gasteiger partial charge < -0.3 is 19.0 Å². The van der Waals surface area contributed by atoms with E-state index in [1.54, 1.807) is 44.6 Å². The Balaban J connectivity index is 1.93. The van der Waals surface area contributed by atoms with Crippen LogP contribution in [-0.4, -0.2) is 30.3 Å². The van der Waals surface area contributed by atoms with Crippen molar-refractivity contribution < 1.29 is 23.8 Å². The molecule has 0 aliphatic rings. The van der Waals surface area contributed by atoms with Gasteiger partial charge in [-0.3, -0.25) is 0 Å². The fourth-order valence-electron chi connectivity index (χ4n) is 2.33. The van der Waals surface area contributed by atoms with Crippen LogP contribution in [-0.2, 0) is 0 Å². The smallest absolute Gasteiger partial charge is 0.338 e. The molecule has 6 heteroatoms. The zero-order valence-electron chi connectivity index (χ0n) is 13.1.